The summed E-state index contributed by atoms with van der Waals surface area (Å²) in [6, 6.07) is 28.7. The molecule has 5 nitrogen and oxygen atoms in total. The van der Waals surface area contributed by atoms with Gasteiger partial charge in [-0.3, -0.25) is 4.79 Å². The third kappa shape index (κ3) is 5.04. The highest BCUT2D eigenvalue weighted by Gasteiger charge is 2.29. The molecule has 1 saturated carbocycles. The van der Waals surface area contributed by atoms with Crippen LogP contribution in [0, 0.1) is 5.92 Å². The first-order valence-electron chi connectivity index (χ1n) is 11.5. The molecule has 0 spiro atoms. The van der Waals surface area contributed by atoms with Crippen molar-refractivity contribution in [1.82, 2.24) is 15.1 Å². The van der Waals surface area contributed by atoms with Crippen LogP contribution in [0.2, 0.25) is 0 Å². The number of nitrogens with zero attached hydrogens (tertiary/aromatic N) is 2. The normalized spacial score (nSPS) is 14.1. The zero-order chi connectivity index (χ0) is 22.6. The second kappa shape index (κ2) is 9.43. The largest absolute Gasteiger partial charge is 0.326 e. The maximum atomic E-state index is 12.0. The van der Waals surface area contributed by atoms with Gasteiger partial charge in [0.15, 0.2) is 0 Å². The first kappa shape index (κ1) is 21.2. The van der Waals surface area contributed by atoms with Crippen molar-refractivity contribution >= 4 is 11.6 Å². The predicted molar refractivity (Wildman–Crippen MR) is 132 cm³/mol. The van der Waals surface area contributed by atoms with Gasteiger partial charge in [0.1, 0.15) is 0 Å². The van der Waals surface area contributed by atoms with Gasteiger partial charge in [-0.2, -0.15) is 5.10 Å². The Labute approximate surface area is 194 Å². The molecule has 1 aliphatic carbocycles. The van der Waals surface area contributed by atoms with E-state index < -0.39 is 0 Å². The second-order valence-electron chi connectivity index (χ2n) is 8.64. The molecular formula is C28H28N4O. The summed E-state index contributed by atoms with van der Waals surface area (Å²) in [6.45, 7) is 2.85. The van der Waals surface area contributed by atoms with Gasteiger partial charge in [-0.15, -0.1) is 0 Å². The molecule has 0 bridgehead atoms. The summed E-state index contributed by atoms with van der Waals surface area (Å²) < 4.78 is 1.95. The molecule has 166 valence electrons. The third-order valence-corrected chi connectivity index (χ3v) is 6.08. The Morgan fingerprint density at radius 3 is 2.30 bits per heavy atom. The van der Waals surface area contributed by atoms with E-state index in [2.05, 4.69) is 60.2 Å². The van der Waals surface area contributed by atoms with Gasteiger partial charge in [0, 0.05) is 41.5 Å². The molecule has 2 N–H and O–H groups in total. The minimum atomic E-state index is 0.137. The predicted octanol–water partition coefficient (Wildman–Crippen LogP) is 5.74. The van der Waals surface area contributed by atoms with E-state index in [1.807, 2.05) is 53.2 Å². The average molecular weight is 437 g/mol. The van der Waals surface area contributed by atoms with Crippen LogP contribution >= 0.6 is 0 Å². The lowest BCUT2D eigenvalue weighted by Gasteiger charge is -2.15. The van der Waals surface area contributed by atoms with Gasteiger partial charge in [-0.1, -0.05) is 60.7 Å². The third-order valence-electron chi connectivity index (χ3n) is 6.08. The van der Waals surface area contributed by atoms with Gasteiger partial charge in [0.25, 0.3) is 0 Å². The fraction of sp³-hybridized carbons (Fsp3) is 0.214. The number of nitrogens with one attached hydrogen (secondary N) is 2. The Morgan fingerprint density at radius 1 is 0.970 bits per heavy atom. The minimum absolute atomic E-state index is 0.137. The molecule has 1 aromatic heterocycles. The number of rotatable bonds is 8. The van der Waals surface area contributed by atoms with E-state index in [1.54, 1.807) is 0 Å². The second-order valence-corrected chi connectivity index (χ2v) is 8.64. The zero-order valence-corrected chi connectivity index (χ0v) is 18.7. The topological polar surface area (TPSA) is 59.0 Å². The highest BCUT2D eigenvalue weighted by Crippen LogP contribution is 2.30. The Hall–Kier alpha value is -3.70. The Kier molecular flexibility index (Phi) is 6.05. The maximum absolute atomic E-state index is 12.0. The number of hydrogen-bond acceptors (Lipinski definition) is 3. The molecule has 1 heterocycles. The van der Waals surface area contributed by atoms with Crippen LogP contribution in [0.25, 0.3) is 16.9 Å². The summed E-state index contributed by atoms with van der Waals surface area (Å²) in [5.74, 6) is 0.346. The number of amides is 1. The summed E-state index contributed by atoms with van der Waals surface area (Å²) in [6.07, 6.45) is 4.13. The quantitative estimate of drug-likeness (QED) is 0.370. The number of carbonyl (C=O) groups excluding carboxylic acids is 1. The first-order chi connectivity index (χ1) is 16.2. The SMILES string of the molecule is CC(NCc1cn(-c2ccccc2)nc1-c1ccccc1)c1ccc(NC(=O)C2CC2)cc1. The number of carbonyl (C=O) groups is 1. The van der Waals surface area contributed by atoms with E-state index in [1.165, 1.54) is 5.56 Å². The molecule has 1 unspecified atom stereocenters. The van der Waals surface area contributed by atoms with Crippen molar-refractivity contribution in [2.45, 2.75) is 32.4 Å². The molecule has 0 radical (unpaired) electrons. The number of benzene rings is 3. The molecule has 5 heteroatoms. The zero-order valence-electron chi connectivity index (χ0n) is 18.7. The van der Waals surface area contributed by atoms with Crippen molar-refractivity contribution in [3.05, 3.63) is 102 Å². The molecule has 1 fully saturated rings. The van der Waals surface area contributed by atoms with Crippen LogP contribution in [0.1, 0.15) is 36.9 Å². The molecule has 0 saturated heterocycles. The van der Waals surface area contributed by atoms with E-state index in [-0.39, 0.29) is 17.9 Å². The summed E-state index contributed by atoms with van der Waals surface area (Å²) in [7, 11) is 0. The van der Waals surface area contributed by atoms with E-state index in [0.717, 1.165) is 41.0 Å². The van der Waals surface area contributed by atoms with Crippen LogP contribution in [0.3, 0.4) is 0 Å². The summed E-state index contributed by atoms with van der Waals surface area (Å²) >= 11 is 0. The Morgan fingerprint density at radius 2 is 1.64 bits per heavy atom. The monoisotopic (exact) mass is 436 g/mol. The fourth-order valence-electron chi connectivity index (χ4n) is 3.92. The van der Waals surface area contributed by atoms with Gasteiger partial charge < -0.3 is 10.6 Å². The van der Waals surface area contributed by atoms with E-state index in [4.69, 9.17) is 5.10 Å². The number of aromatic nitrogens is 2. The van der Waals surface area contributed by atoms with Crippen LogP contribution in [0.4, 0.5) is 5.69 Å². The van der Waals surface area contributed by atoms with Crippen LogP contribution in [0.15, 0.2) is 91.1 Å². The lowest BCUT2D eigenvalue weighted by Crippen LogP contribution is -2.18. The van der Waals surface area contributed by atoms with Gasteiger partial charge in [0.05, 0.1) is 11.4 Å². The molecule has 5 rings (SSSR count). The smallest absolute Gasteiger partial charge is 0.227 e. The molecule has 3 aromatic carbocycles. The molecule has 1 aliphatic rings. The molecule has 0 aliphatic heterocycles. The van der Waals surface area contributed by atoms with E-state index in [0.29, 0.717) is 6.54 Å². The highest BCUT2D eigenvalue weighted by molar-refractivity contribution is 5.94. The summed E-state index contributed by atoms with van der Waals surface area (Å²) in [5.41, 5.74) is 6.31. The standard InChI is InChI=1S/C28H28N4O/c1-20(21-14-16-25(17-15-21)30-28(33)23-12-13-23)29-18-24-19-32(26-10-6-3-7-11-26)31-27(24)22-8-4-2-5-9-22/h2-11,14-17,19-20,23,29H,12-13,18H2,1H3,(H,30,33). The van der Waals surface area contributed by atoms with E-state index >= 15 is 0 Å². The van der Waals surface area contributed by atoms with Crippen molar-refractivity contribution in [3.8, 4) is 16.9 Å². The maximum Gasteiger partial charge on any atom is 0.227 e. The number of anilines is 1. The number of hydrogen-bond donors (Lipinski definition) is 2. The van der Waals surface area contributed by atoms with Gasteiger partial charge in [0.2, 0.25) is 5.91 Å². The first-order valence-corrected chi connectivity index (χ1v) is 11.5. The minimum Gasteiger partial charge on any atom is -0.326 e. The molecule has 4 aromatic rings. The van der Waals surface area contributed by atoms with Crippen molar-refractivity contribution in [1.29, 1.82) is 0 Å². The Balaban J connectivity index is 1.31. The van der Waals surface area contributed by atoms with Gasteiger partial charge in [-0.05, 0) is 49.6 Å². The van der Waals surface area contributed by atoms with Crippen molar-refractivity contribution in [3.63, 3.8) is 0 Å². The van der Waals surface area contributed by atoms with Crippen molar-refractivity contribution < 1.29 is 4.79 Å². The molecule has 1 atom stereocenters. The lowest BCUT2D eigenvalue weighted by atomic mass is 10.1. The highest BCUT2D eigenvalue weighted by atomic mass is 16.2. The number of para-hydroxylation sites is 1. The van der Waals surface area contributed by atoms with Gasteiger partial charge >= 0.3 is 0 Å². The Bertz CT molecular complexity index is 1210. The molecule has 33 heavy (non-hydrogen) atoms. The lowest BCUT2D eigenvalue weighted by molar-refractivity contribution is -0.117. The van der Waals surface area contributed by atoms with E-state index in [9.17, 15) is 4.79 Å². The van der Waals surface area contributed by atoms with Crippen LogP contribution < -0.4 is 10.6 Å². The summed E-state index contributed by atoms with van der Waals surface area (Å²) in [5, 5.41) is 11.5. The average Bonchev–Trinajstić information content (AvgIpc) is 3.63. The van der Waals surface area contributed by atoms with Crippen LogP contribution in [-0.4, -0.2) is 15.7 Å². The van der Waals surface area contributed by atoms with Crippen molar-refractivity contribution in [2.75, 3.05) is 5.32 Å². The van der Waals surface area contributed by atoms with Crippen LogP contribution in [0.5, 0.6) is 0 Å². The van der Waals surface area contributed by atoms with Gasteiger partial charge in [-0.25, -0.2) is 4.68 Å². The molecular weight excluding hydrogens is 408 g/mol. The molecule has 1 amide bonds. The van der Waals surface area contributed by atoms with Crippen LogP contribution in [-0.2, 0) is 11.3 Å². The summed E-state index contributed by atoms with van der Waals surface area (Å²) in [4.78, 5) is 12.0. The fourth-order valence-corrected chi connectivity index (χ4v) is 3.92. The van der Waals surface area contributed by atoms with Crippen molar-refractivity contribution in [2.24, 2.45) is 5.92 Å².